The van der Waals surface area contributed by atoms with Gasteiger partial charge in [0, 0.05) is 18.2 Å². The molecule has 18 heavy (non-hydrogen) atoms. The average molecular weight is 249 g/mol. The summed E-state index contributed by atoms with van der Waals surface area (Å²) in [6.07, 6.45) is 1.42. The molecule has 0 aliphatic carbocycles. The van der Waals surface area contributed by atoms with Crippen molar-refractivity contribution in [2.75, 3.05) is 13.2 Å². The van der Waals surface area contributed by atoms with Crippen molar-refractivity contribution in [3.63, 3.8) is 0 Å². The predicted octanol–water partition coefficient (Wildman–Crippen LogP) is 1.44. The van der Waals surface area contributed by atoms with Gasteiger partial charge in [0.25, 0.3) is 0 Å². The van der Waals surface area contributed by atoms with Gasteiger partial charge < -0.3 is 15.2 Å². The Bertz CT molecular complexity index is 419. The number of para-hydroxylation sites is 1. The number of fused-ring (bicyclic) bond motifs is 1. The fraction of sp³-hybridized carbons (Fsp3) is 0.500. The minimum absolute atomic E-state index is 0.0137. The zero-order chi connectivity index (χ0) is 13.0. The number of nitrogens with one attached hydrogen (secondary N) is 1. The van der Waals surface area contributed by atoms with E-state index in [0.717, 1.165) is 17.7 Å². The van der Waals surface area contributed by atoms with E-state index in [1.807, 2.05) is 31.2 Å². The van der Waals surface area contributed by atoms with Gasteiger partial charge in [0.1, 0.15) is 18.3 Å². The van der Waals surface area contributed by atoms with Crippen LogP contribution in [0, 0.1) is 0 Å². The topological polar surface area (TPSA) is 58.6 Å². The molecule has 4 nitrogen and oxygen atoms in total. The lowest BCUT2D eigenvalue weighted by molar-refractivity contribution is -0.123. The molecule has 4 heteroatoms. The third-order valence-corrected chi connectivity index (χ3v) is 3.33. The van der Waals surface area contributed by atoms with Crippen LogP contribution in [0.1, 0.15) is 31.2 Å². The lowest BCUT2D eigenvalue weighted by atomic mass is 9.99. The van der Waals surface area contributed by atoms with Crippen LogP contribution in [0.4, 0.5) is 0 Å². The van der Waals surface area contributed by atoms with Gasteiger partial charge in [0.15, 0.2) is 0 Å². The SMILES string of the molecule is CC[C@@H](CCO)NC(=O)[C@H]1COc2ccccc21. The van der Waals surface area contributed by atoms with Crippen molar-refractivity contribution in [1.29, 1.82) is 0 Å². The molecule has 0 fully saturated rings. The first-order valence-electron chi connectivity index (χ1n) is 6.39. The molecule has 1 aliphatic heterocycles. The van der Waals surface area contributed by atoms with E-state index >= 15 is 0 Å². The van der Waals surface area contributed by atoms with E-state index in [0.29, 0.717) is 13.0 Å². The van der Waals surface area contributed by atoms with Gasteiger partial charge in [0.05, 0.1) is 0 Å². The van der Waals surface area contributed by atoms with Gasteiger partial charge in [0.2, 0.25) is 5.91 Å². The summed E-state index contributed by atoms with van der Waals surface area (Å²) in [5.41, 5.74) is 0.953. The second-order valence-corrected chi connectivity index (χ2v) is 4.53. The molecule has 1 aromatic carbocycles. The summed E-state index contributed by atoms with van der Waals surface area (Å²) in [5.74, 6) is 0.557. The number of amides is 1. The molecular formula is C14H19NO3. The molecule has 1 amide bonds. The van der Waals surface area contributed by atoms with Gasteiger partial charge >= 0.3 is 0 Å². The Hall–Kier alpha value is -1.55. The molecule has 1 aliphatic rings. The monoisotopic (exact) mass is 249 g/mol. The molecule has 0 spiro atoms. The van der Waals surface area contributed by atoms with Crippen molar-refractivity contribution in [2.45, 2.75) is 31.7 Å². The van der Waals surface area contributed by atoms with Crippen LogP contribution >= 0.6 is 0 Å². The van der Waals surface area contributed by atoms with Crippen molar-refractivity contribution in [3.05, 3.63) is 29.8 Å². The minimum atomic E-state index is -0.228. The van der Waals surface area contributed by atoms with E-state index < -0.39 is 0 Å². The maximum absolute atomic E-state index is 12.2. The third-order valence-electron chi connectivity index (χ3n) is 3.33. The van der Waals surface area contributed by atoms with Gasteiger partial charge in [-0.3, -0.25) is 4.79 Å². The van der Waals surface area contributed by atoms with Crippen molar-refractivity contribution in [3.8, 4) is 5.75 Å². The molecule has 1 heterocycles. The molecule has 0 aromatic heterocycles. The van der Waals surface area contributed by atoms with Crippen molar-refractivity contribution >= 4 is 5.91 Å². The summed E-state index contributed by atoms with van der Waals surface area (Å²) in [6, 6.07) is 7.67. The number of aliphatic hydroxyl groups is 1. The first-order valence-corrected chi connectivity index (χ1v) is 6.39. The zero-order valence-corrected chi connectivity index (χ0v) is 10.6. The van der Waals surface area contributed by atoms with Gasteiger partial charge in [-0.05, 0) is 18.9 Å². The first kappa shape index (κ1) is 12.9. The lowest BCUT2D eigenvalue weighted by Crippen LogP contribution is -2.38. The fourth-order valence-corrected chi connectivity index (χ4v) is 2.22. The van der Waals surface area contributed by atoms with E-state index in [9.17, 15) is 4.79 Å². The molecule has 0 saturated carbocycles. The molecule has 0 saturated heterocycles. The van der Waals surface area contributed by atoms with E-state index in [-0.39, 0.29) is 24.5 Å². The molecule has 0 unspecified atom stereocenters. The molecule has 2 atom stereocenters. The molecule has 98 valence electrons. The highest BCUT2D eigenvalue weighted by Crippen LogP contribution is 2.33. The number of aliphatic hydroxyl groups excluding tert-OH is 1. The van der Waals surface area contributed by atoms with Crippen LogP contribution in [0.5, 0.6) is 5.75 Å². The summed E-state index contributed by atoms with van der Waals surface area (Å²) in [6.45, 7) is 2.50. The van der Waals surface area contributed by atoms with Crippen LogP contribution in [0.2, 0.25) is 0 Å². The highest BCUT2D eigenvalue weighted by molar-refractivity contribution is 5.85. The normalized spacial score (nSPS) is 18.9. The molecular weight excluding hydrogens is 230 g/mol. The van der Waals surface area contributed by atoms with Gasteiger partial charge in [-0.2, -0.15) is 0 Å². The quantitative estimate of drug-likeness (QED) is 0.830. The van der Waals surface area contributed by atoms with E-state index in [1.54, 1.807) is 0 Å². The Labute approximate surface area is 107 Å². The van der Waals surface area contributed by atoms with Gasteiger partial charge in [-0.15, -0.1) is 0 Å². The number of hydrogen-bond donors (Lipinski definition) is 2. The number of carbonyl (C=O) groups excluding carboxylic acids is 1. The van der Waals surface area contributed by atoms with Crippen LogP contribution in [0.25, 0.3) is 0 Å². The maximum Gasteiger partial charge on any atom is 0.231 e. The minimum Gasteiger partial charge on any atom is -0.492 e. The highest BCUT2D eigenvalue weighted by atomic mass is 16.5. The van der Waals surface area contributed by atoms with Crippen LogP contribution in [0.15, 0.2) is 24.3 Å². The van der Waals surface area contributed by atoms with E-state index in [1.165, 1.54) is 0 Å². The van der Waals surface area contributed by atoms with Crippen molar-refractivity contribution < 1.29 is 14.6 Å². The first-order chi connectivity index (χ1) is 8.76. The average Bonchev–Trinajstić information content (AvgIpc) is 2.82. The smallest absolute Gasteiger partial charge is 0.231 e. The lowest BCUT2D eigenvalue weighted by Gasteiger charge is -2.18. The van der Waals surface area contributed by atoms with Gasteiger partial charge in [-0.1, -0.05) is 25.1 Å². The second kappa shape index (κ2) is 5.87. The van der Waals surface area contributed by atoms with Crippen molar-refractivity contribution in [2.24, 2.45) is 0 Å². The van der Waals surface area contributed by atoms with Gasteiger partial charge in [-0.25, -0.2) is 0 Å². The predicted molar refractivity (Wildman–Crippen MR) is 68.6 cm³/mol. The van der Waals surface area contributed by atoms with Crippen LogP contribution < -0.4 is 10.1 Å². The standard InChI is InChI=1S/C14H19NO3/c1-2-10(7-8-16)15-14(17)12-9-18-13-6-4-3-5-11(12)13/h3-6,10,12,16H,2,7-9H2,1H3,(H,15,17)/t10-,12-/m0/s1. The largest absolute Gasteiger partial charge is 0.492 e. The summed E-state index contributed by atoms with van der Waals surface area (Å²) in [7, 11) is 0. The number of carbonyl (C=O) groups is 1. The summed E-state index contributed by atoms with van der Waals surface area (Å²) in [4.78, 5) is 12.2. The Kier molecular flexibility index (Phi) is 4.20. The molecule has 2 N–H and O–H groups in total. The van der Waals surface area contributed by atoms with E-state index in [4.69, 9.17) is 9.84 Å². The van der Waals surface area contributed by atoms with Crippen molar-refractivity contribution in [1.82, 2.24) is 5.32 Å². The molecule has 0 bridgehead atoms. The second-order valence-electron chi connectivity index (χ2n) is 4.53. The number of benzene rings is 1. The molecule has 1 aromatic rings. The number of rotatable bonds is 5. The third kappa shape index (κ3) is 2.64. The summed E-state index contributed by atoms with van der Waals surface area (Å²) >= 11 is 0. The Balaban J connectivity index is 2.03. The van der Waals surface area contributed by atoms with Crippen LogP contribution in [0.3, 0.4) is 0 Å². The zero-order valence-electron chi connectivity index (χ0n) is 10.6. The molecule has 2 rings (SSSR count). The van der Waals surface area contributed by atoms with E-state index in [2.05, 4.69) is 5.32 Å². The molecule has 0 radical (unpaired) electrons. The Morgan fingerprint density at radius 3 is 3.06 bits per heavy atom. The highest BCUT2D eigenvalue weighted by Gasteiger charge is 2.30. The van der Waals surface area contributed by atoms with Crippen LogP contribution in [-0.4, -0.2) is 30.3 Å². The van der Waals surface area contributed by atoms with Crippen LogP contribution in [-0.2, 0) is 4.79 Å². The maximum atomic E-state index is 12.2. The fourth-order valence-electron chi connectivity index (χ4n) is 2.22. The Morgan fingerprint density at radius 2 is 2.33 bits per heavy atom. The Morgan fingerprint density at radius 1 is 1.56 bits per heavy atom. The summed E-state index contributed by atoms with van der Waals surface area (Å²) < 4.78 is 5.50. The number of ether oxygens (including phenoxy) is 1. The summed E-state index contributed by atoms with van der Waals surface area (Å²) in [5, 5.41) is 11.9. The number of hydrogen-bond acceptors (Lipinski definition) is 3.